The number of amides is 1. The maximum Gasteiger partial charge on any atom is 0.270 e. The maximum atomic E-state index is 12.8. The quantitative estimate of drug-likeness (QED) is 0.577. The van der Waals surface area contributed by atoms with Crippen molar-refractivity contribution in [3.05, 3.63) is 76.2 Å². The molecule has 3 aromatic heterocycles. The smallest absolute Gasteiger partial charge is 0.270 e. The summed E-state index contributed by atoms with van der Waals surface area (Å²) in [5.74, 6) is -0.128. The van der Waals surface area contributed by atoms with Crippen molar-refractivity contribution in [2.45, 2.75) is 27.3 Å². The van der Waals surface area contributed by atoms with Gasteiger partial charge in [0.2, 0.25) is 0 Å². The first kappa shape index (κ1) is 17.4. The largest absolute Gasteiger partial charge is 0.346 e. The van der Waals surface area contributed by atoms with Crippen molar-refractivity contribution in [1.29, 1.82) is 0 Å². The van der Waals surface area contributed by atoms with Gasteiger partial charge in [-0.15, -0.1) is 11.3 Å². The molecular weight excluding hydrogens is 356 g/mol. The fraction of sp³-hybridized carbons (Fsp3) is 0.190. The van der Waals surface area contributed by atoms with Gasteiger partial charge in [0, 0.05) is 16.6 Å². The lowest BCUT2D eigenvalue weighted by atomic mass is 10.1. The number of pyridine rings is 1. The van der Waals surface area contributed by atoms with Gasteiger partial charge in [-0.25, -0.2) is 9.97 Å². The van der Waals surface area contributed by atoms with Crippen LogP contribution in [-0.4, -0.2) is 20.3 Å². The van der Waals surface area contributed by atoms with Crippen LogP contribution < -0.4 is 5.32 Å². The lowest BCUT2D eigenvalue weighted by Gasteiger charge is -2.05. The molecule has 0 bridgehead atoms. The minimum Gasteiger partial charge on any atom is -0.346 e. The molecule has 0 aliphatic heterocycles. The van der Waals surface area contributed by atoms with Gasteiger partial charge in [-0.05, 0) is 38.5 Å². The number of nitrogens with zero attached hydrogens (tertiary/aromatic N) is 3. The zero-order valence-electron chi connectivity index (χ0n) is 15.5. The third kappa shape index (κ3) is 3.24. The van der Waals surface area contributed by atoms with Crippen LogP contribution in [0.1, 0.15) is 32.3 Å². The van der Waals surface area contributed by atoms with E-state index in [1.54, 1.807) is 11.3 Å². The molecular formula is C21H20N4OS. The molecule has 5 nitrogen and oxygen atoms in total. The molecule has 0 unspecified atom stereocenters. The normalized spacial score (nSPS) is 11.1. The number of rotatable bonds is 4. The summed E-state index contributed by atoms with van der Waals surface area (Å²) in [6, 6.07) is 13.9. The van der Waals surface area contributed by atoms with Crippen molar-refractivity contribution in [1.82, 2.24) is 19.7 Å². The first-order valence-corrected chi connectivity index (χ1v) is 9.60. The van der Waals surface area contributed by atoms with Crippen molar-refractivity contribution in [3.8, 4) is 10.6 Å². The number of thiazole rings is 1. The number of carbonyl (C=O) groups is 1. The standard InChI is InChI=1S/C21H20N4OS/c1-13-8-4-5-9-16(13)21-24-14(2)17(27-21)12-22-20(26)19-15(3)23-18-10-6-7-11-25(18)19/h4-11H,12H2,1-3H3,(H,22,26). The molecule has 0 radical (unpaired) electrons. The second-order valence-corrected chi connectivity index (χ2v) is 7.58. The molecule has 0 saturated heterocycles. The van der Waals surface area contributed by atoms with Crippen molar-refractivity contribution < 1.29 is 4.79 Å². The number of aryl methyl sites for hydroxylation is 3. The first-order valence-electron chi connectivity index (χ1n) is 8.79. The second-order valence-electron chi connectivity index (χ2n) is 6.50. The Morgan fingerprint density at radius 2 is 1.81 bits per heavy atom. The molecule has 0 fully saturated rings. The summed E-state index contributed by atoms with van der Waals surface area (Å²) in [6.07, 6.45) is 1.86. The van der Waals surface area contributed by atoms with Crippen LogP contribution in [0.4, 0.5) is 0 Å². The third-order valence-corrected chi connectivity index (χ3v) is 5.79. The van der Waals surface area contributed by atoms with E-state index in [2.05, 4.69) is 29.4 Å². The molecule has 1 amide bonds. The van der Waals surface area contributed by atoms with E-state index in [1.807, 2.05) is 54.8 Å². The highest BCUT2D eigenvalue weighted by Crippen LogP contribution is 2.30. The number of carbonyl (C=O) groups excluding carboxylic acids is 1. The highest BCUT2D eigenvalue weighted by Gasteiger charge is 2.17. The molecule has 0 saturated carbocycles. The molecule has 0 atom stereocenters. The summed E-state index contributed by atoms with van der Waals surface area (Å²) in [6.45, 7) is 6.38. The van der Waals surface area contributed by atoms with E-state index in [0.717, 1.165) is 32.5 Å². The molecule has 27 heavy (non-hydrogen) atoms. The maximum absolute atomic E-state index is 12.8. The zero-order chi connectivity index (χ0) is 19.0. The molecule has 1 aromatic carbocycles. The van der Waals surface area contributed by atoms with Gasteiger partial charge in [0.25, 0.3) is 5.91 Å². The highest BCUT2D eigenvalue weighted by molar-refractivity contribution is 7.15. The average molecular weight is 376 g/mol. The minimum atomic E-state index is -0.128. The van der Waals surface area contributed by atoms with Crippen LogP contribution in [0.3, 0.4) is 0 Å². The van der Waals surface area contributed by atoms with E-state index < -0.39 is 0 Å². The molecule has 1 N–H and O–H groups in total. The number of fused-ring (bicyclic) bond motifs is 1. The van der Waals surface area contributed by atoms with Crippen LogP contribution in [0, 0.1) is 20.8 Å². The predicted molar refractivity (Wildman–Crippen MR) is 108 cm³/mol. The van der Waals surface area contributed by atoms with Gasteiger partial charge in [-0.3, -0.25) is 9.20 Å². The van der Waals surface area contributed by atoms with Gasteiger partial charge in [-0.1, -0.05) is 30.3 Å². The van der Waals surface area contributed by atoms with Crippen LogP contribution in [-0.2, 0) is 6.54 Å². The molecule has 136 valence electrons. The summed E-state index contributed by atoms with van der Waals surface area (Å²) < 4.78 is 1.82. The Kier molecular flexibility index (Phi) is 4.49. The highest BCUT2D eigenvalue weighted by atomic mass is 32.1. The Labute approximate surface area is 161 Å². The van der Waals surface area contributed by atoms with Crippen molar-refractivity contribution in [2.24, 2.45) is 0 Å². The lowest BCUT2D eigenvalue weighted by molar-refractivity contribution is 0.0944. The van der Waals surface area contributed by atoms with E-state index in [1.165, 1.54) is 5.56 Å². The molecule has 6 heteroatoms. The summed E-state index contributed by atoms with van der Waals surface area (Å²) in [4.78, 5) is 23.0. The third-order valence-electron chi connectivity index (χ3n) is 4.60. The van der Waals surface area contributed by atoms with Crippen LogP contribution in [0.5, 0.6) is 0 Å². The van der Waals surface area contributed by atoms with E-state index in [0.29, 0.717) is 12.2 Å². The Morgan fingerprint density at radius 1 is 1.04 bits per heavy atom. The summed E-state index contributed by atoms with van der Waals surface area (Å²) in [5.41, 5.74) is 5.36. The van der Waals surface area contributed by atoms with Gasteiger partial charge in [0.15, 0.2) is 0 Å². The Balaban J connectivity index is 1.56. The van der Waals surface area contributed by atoms with E-state index in [4.69, 9.17) is 4.98 Å². The lowest BCUT2D eigenvalue weighted by Crippen LogP contribution is -2.24. The predicted octanol–water partition coefficient (Wildman–Crippen LogP) is 4.31. The van der Waals surface area contributed by atoms with E-state index in [9.17, 15) is 4.79 Å². The minimum absolute atomic E-state index is 0.128. The summed E-state index contributed by atoms with van der Waals surface area (Å²) in [5, 5.41) is 4.01. The van der Waals surface area contributed by atoms with Crippen LogP contribution in [0.25, 0.3) is 16.2 Å². The SMILES string of the molecule is Cc1ccccc1-c1nc(C)c(CNC(=O)c2c(C)nc3ccccn23)s1. The monoisotopic (exact) mass is 376 g/mol. The van der Waals surface area contributed by atoms with Crippen molar-refractivity contribution in [3.63, 3.8) is 0 Å². The van der Waals surface area contributed by atoms with E-state index in [-0.39, 0.29) is 5.91 Å². The fourth-order valence-electron chi connectivity index (χ4n) is 3.15. The van der Waals surface area contributed by atoms with Crippen LogP contribution in [0.15, 0.2) is 48.7 Å². The fourth-order valence-corrected chi connectivity index (χ4v) is 4.24. The first-order chi connectivity index (χ1) is 13.0. The molecule has 0 spiro atoms. The molecule has 0 aliphatic carbocycles. The Morgan fingerprint density at radius 3 is 2.63 bits per heavy atom. The Hall–Kier alpha value is -2.99. The molecule has 4 rings (SSSR count). The van der Waals surface area contributed by atoms with E-state index >= 15 is 0 Å². The van der Waals surface area contributed by atoms with Gasteiger partial charge in [0.05, 0.1) is 17.9 Å². The molecule has 0 aliphatic rings. The average Bonchev–Trinajstić information content (AvgIpc) is 3.19. The summed E-state index contributed by atoms with van der Waals surface area (Å²) >= 11 is 1.63. The summed E-state index contributed by atoms with van der Waals surface area (Å²) in [7, 11) is 0. The van der Waals surface area contributed by atoms with Gasteiger partial charge in [0.1, 0.15) is 16.3 Å². The van der Waals surface area contributed by atoms with Crippen LogP contribution in [0.2, 0.25) is 0 Å². The number of benzene rings is 1. The topological polar surface area (TPSA) is 59.3 Å². The number of hydrogen-bond acceptors (Lipinski definition) is 4. The number of imidazole rings is 1. The van der Waals surface area contributed by atoms with Crippen LogP contribution >= 0.6 is 11.3 Å². The van der Waals surface area contributed by atoms with Gasteiger partial charge >= 0.3 is 0 Å². The second kappa shape index (κ2) is 6.96. The van der Waals surface area contributed by atoms with Gasteiger partial charge < -0.3 is 5.32 Å². The zero-order valence-corrected chi connectivity index (χ0v) is 16.3. The number of hydrogen-bond donors (Lipinski definition) is 1. The van der Waals surface area contributed by atoms with Crippen molar-refractivity contribution in [2.75, 3.05) is 0 Å². The molecule has 3 heterocycles. The van der Waals surface area contributed by atoms with Crippen molar-refractivity contribution >= 4 is 22.9 Å². The Bertz CT molecular complexity index is 1140. The van der Waals surface area contributed by atoms with Gasteiger partial charge in [-0.2, -0.15) is 0 Å². The number of aromatic nitrogens is 3. The number of nitrogens with one attached hydrogen (secondary N) is 1. The molecule has 4 aromatic rings.